The Kier molecular flexibility index (Phi) is 5.32. The van der Waals surface area contributed by atoms with Crippen molar-refractivity contribution in [2.24, 2.45) is 0 Å². The Labute approximate surface area is 144 Å². The Morgan fingerprint density at radius 3 is 2.00 bits per heavy atom. The van der Waals surface area contributed by atoms with Crippen LogP contribution in [0.25, 0.3) is 11.1 Å². The van der Waals surface area contributed by atoms with Crippen LogP contribution in [0.1, 0.15) is 23.6 Å². The molecule has 122 valence electrons. The zero-order valence-electron chi connectivity index (χ0n) is 14.5. The first-order valence-corrected chi connectivity index (χ1v) is 8.61. The van der Waals surface area contributed by atoms with Crippen LogP contribution < -0.4 is 4.74 Å². The van der Waals surface area contributed by atoms with Crippen molar-refractivity contribution in [1.29, 1.82) is 0 Å². The Hall–Kier alpha value is -2.54. The molecule has 0 heterocycles. The van der Waals surface area contributed by atoms with E-state index in [4.69, 9.17) is 4.74 Å². The van der Waals surface area contributed by atoms with Gasteiger partial charge in [-0.2, -0.15) is 0 Å². The van der Waals surface area contributed by atoms with Gasteiger partial charge in [0, 0.05) is 5.56 Å². The largest absolute Gasteiger partial charge is 0.496 e. The molecule has 3 aromatic carbocycles. The summed E-state index contributed by atoms with van der Waals surface area (Å²) in [6.07, 6.45) is 3.15. The Morgan fingerprint density at radius 1 is 0.708 bits per heavy atom. The second kappa shape index (κ2) is 7.83. The van der Waals surface area contributed by atoms with E-state index in [1.807, 2.05) is 6.07 Å². The fourth-order valence-electron chi connectivity index (χ4n) is 3.14. The van der Waals surface area contributed by atoms with Gasteiger partial charge < -0.3 is 4.74 Å². The summed E-state index contributed by atoms with van der Waals surface area (Å²) in [5.41, 5.74) is 6.53. The van der Waals surface area contributed by atoms with Gasteiger partial charge in [-0.1, -0.05) is 73.7 Å². The smallest absolute Gasteiger partial charge is 0.126 e. The molecule has 0 aliphatic carbocycles. The summed E-state index contributed by atoms with van der Waals surface area (Å²) in [5.74, 6) is 0.950. The van der Waals surface area contributed by atoms with Crippen molar-refractivity contribution in [3.05, 3.63) is 89.5 Å². The molecular weight excluding hydrogens is 292 g/mol. The summed E-state index contributed by atoms with van der Waals surface area (Å²) >= 11 is 0. The molecule has 24 heavy (non-hydrogen) atoms. The maximum Gasteiger partial charge on any atom is 0.126 e. The number of rotatable bonds is 6. The molecule has 0 unspecified atom stereocenters. The van der Waals surface area contributed by atoms with Gasteiger partial charge >= 0.3 is 0 Å². The molecule has 0 spiro atoms. The standard InChI is InChI=1S/C23H24O/c1-3-20-10-7-11-22(24-2)23(20)21-16-14-19(15-17-21)13-12-18-8-5-4-6-9-18/h4-11,14-17H,3,12-13H2,1-2H3. The second-order valence-electron chi connectivity index (χ2n) is 6.03. The van der Waals surface area contributed by atoms with Crippen molar-refractivity contribution >= 4 is 0 Å². The van der Waals surface area contributed by atoms with E-state index in [0.29, 0.717) is 0 Å². The second-order valence-corrected chi connectivity index (χ2v) is 6.03. The lowest BCUT2D eigenvalue weighted by Crippen LogP contribution is -1.95. The molecule has 0 fully saturated rings. The van der Waals surface area contributed by atoms with Crippen LogP contribution in [0.5, 0.6) is 5.75 Å². The summed E-state index contributed by atoms with van der Waals surface area (Å²) in [4.78, 5) is 0. The number of aryl methyl sites for hydroxylation is 3. The molecule has 0 saturated carbocycles. The Bertz CT molecular complexity index is 751. The number of benzene rings is 3. The summed E-state index contributed by atoms with van der Waals surface area (Å²) in [6.45, 7) is 2.19. The van der Waals surface area contributed by atoms with Crippen molar-refractivity contribution in [3.63, 3.8) is 0 Å². The van der Waals surface area contributed by atoms with Gasteiger partial charge in [0.05, 0.1) is 7.11 Å². The lowest BCUT2D eigenvalue weighted by atomic mass is 9.95. The molecule has 3 rings (SSSR count). The predicted molar refractivity (Wildman–Crippen MR) is 102 cm³/mol. The molecule has 0 radical (unpaired) electrons. The van der Waals surface area contributed by atoms with E-state index >= 15 is 0 Å². The average Bonchev–Trinajstić information content (AvgIpc) is 2.67. The van der Waals surface area contributed by atoms with E-state index in [9.17, 15) is 0 Å². The minimum Gasteiger partial charge on any atom is -0.496 e. The summed E-state index contributed by atoms with van der Waals surface area (Å²) in [5, 5.41) is 0. The van der Waals surface area contributed by atoms with Crippen LogP contribution in [0.15, 0.2) is 72.8 Å². The van der Waals surface area contributed by atoms with Gasteiger partial charge in [0.25, 0.3) is 0 Å². The first-order chi connectivity index (χ1) is 11.8. The van der Waals surface area contributed by atoms with Crippen LogP contribution in [0.3, 0.4) is 0 Å². The van der Waals surface area contributed by atoms with Crippen LogP contribution in [0, 0.1) is 0 Å². The number of ether oxygens (including phenoxy) is 1. The normalized spacial score (nSPS) is 10.6. The van der Waals surface area contributed by atoms with Crippen molar-refractivity contribution in [1.82, 2.24) is 0 Å². The third kappa shape index (κ3) is 3.68. The molecule has 1 nitrogen and oxygen atoms in total. The molecule has 0 atom stereocenters. The fourth-order valence-corrected chi connectivity index (χ4v) is 3.14. The molecule has 3 aromatic rings. The lowest BCUT2D eigenvalue weighted by molar-refractivity contribution is 0.416. The van der Waals surface area contributed by atoms with E-state index in [1.54, 1.807) is 7.11 Å². The fraction of sp³-hybridized carbons (Fsp3) is 0.217. The molecule has 0 saturated heterocycles. The van der Waals surface area contributed by atoms with Gasteiger partial charge in [0.1, 0.15) is 5.75 Å². The van der Waals surface area contributed by atoms with Crippen LogP contribution in [-0.2, 0) is 19.3 Å². The third-order valence-electron chi connectivity index (χ3n) is 4.50. The van der Waals surface area contributed by atoms with E-state index in [0.717, 1.165) is 25.0 Å². The van der Waals surface area contributed by atoms with Crippen molar-refractivity contribution in [2.75, 3.05) is 7.11 Å². The van der Waals surface area contributed by atoms with Gasteiger partial charge in [-0.3, -0.25) is 0 Å². The molecule has 0 aliphatic rings. The Balaban J connectivity index is 1.80. The molecule has 1 heteroatoms. The van der Waals surface area contributed by atoms with Gasteiger partial charge in [0.2, 0.25) is 0 Å². The van der Waals surface area contributed by atoms with Gasteiger partial charge in [-0.15, -0.1) is 0 Å². The maximum atomic E-state index is 5.58. The van der Waals surface area contributed by atoms with Crippen molar-refractivity contribution in [2.45, 2.75) is 26.2 Å². The van der Waals surface area contributed by atoms with Gasteiger partial charge in [0.15, 0.2) is 0 Å². The highest BCUT2D eigenvalue weighted by atomic mass is 16.5. The number of hydrogen-bond acceptors (Lipinski definition) is 1. The highest BCUT2D eigenvalue weighted by Crippen LogP contribution is 2.33. The molecular formula is C23H24O. The zero-order valence-corrected chi connectivity index (χ0v) is 14.5. The monoisotopic (exact) mass is 316 g/mol. The summed E-state index contributed by atoms with van der Waals surface area (Å²) in [6, 6.07) is 25.9. The van der Waals surface area contributed by atoms with E-state index in [-0.39, 0.29) is 0 Å². The SMILES string of the molecule is CCc1cccc(OC)c1-c1ccc(CCc2ccccc2)cc1. The highest BCUT2D eigenvalue weighted by Gasteiger charge is 2.10. The van der Waals surface area contributed by atoms with Crippen LogP contribution in [-0.4, -0.2) is 7.11 Å². The Morgan fingerprint density at radius 2 is 1.38 bits per heavy atom. The van der Waals surface area contributed by atoms with E-state index in [2.05, 4.69) is 73.7 Å². The number of methoxy groups -OCH3 is 1. The number of hydrogen-bond donors (Lipinski definition) is 0. The van der Waals surface area contributed by atoms with Crippen molar-refractivity contribution in [3.8, 4) is 16.9 Å². The molecule has 0 bridgehead atoms. The maximum absolute atomic E-state index is 5.58. The molecule has 0 aliphatic heterocycles. The molecule has 0 aromatic heterocycles. The topological polar surface area (TPSA) is 9.23 Å². The van der Waals surface area contributed by atoms with Crippen LogP contribution >= 0.6 is 0 Å². The summed E-state index contributed by atoms with van der Waals surface area (Å²) in [7, 11) is 1.74. The summed E-state index contributed by atoms with van der Waals surface area (Å²) < 4.78 is 5.58. The first-order valence-electron chi connectivity index (χ1n) is 8.61. The van der Waals surface area contributed by atoms with Gasteiger partial charge in [-0.25, -0.2) is 0 Å². The molecule has 0 N–H and O–H groups in total. The van der Waals surface area contributed by atoms with Crippen LogP contribution in [0.4, 0.5) is 0 Å². The van der Waals surface area contributed by atoms with Crippen LogP contribution in [0.2, 0.25) is 0 Å². The lowest BCUT2D eigenvalue weighted by Gasteiger charge is -2.14. The van der Waals surface area contributed by atoms with E-state index < -0.39 is 0 Å². The van der Waals surface area contributed by atoms with E-state index in [1.165, 1.54) is 27.8 Å². The highest BCUT2D eigenvalue weighted by molar-refractivity contribution is 5.74. The van der Waals surface area contributed by atoms with Crippen molar-refractivity contribution < 1.29 is 4.74 Å². The first kappa shape index (κ1) is 16.3. The minimum atomic E-state index is 0.950. The minimum absolute atomic E-state index is 0.950. The average molecular weight is 316 g/mol. The predicted octanol–water partition coefficient (Wildman–Crippen LogP) is 5.71. The van der Waals surface area contributed by atoms with Gasteiger partial charge in [-0.05, 0) is 47.6 Å². The quantitative estimate of drug-likeness (QED) is 0.566. The third-order valence-corrected chi connectivity index (χ3v) is 4.50. The molecule has 0 amide bonds. The zero-order chi connectivity index (χ0) is 16.8.